The molecule has 0 saturated carbocycles. The molecule has 5 heteroatoms. The van der Waals surface area contributed by atoms with Gasteiger partial charge in [0.2, 0.25) is 0 Å². The standard InChI is InChI=1S/C9H6N2O2Se/c1-2-4-7(5-3-1)9-8-6-10-12-14(8)13-11-9/h1-6H. The van der Waals surface area contributed by atoms with Gasteiger partial charge in [-0.2, -0.15) is 0 Å². The van der Waals surface area contributed by atoms with Gasteiger partial charge in [0, 0.05) is 0 Å². The van der Waals surface area contributed by atoms with Crippen LogP contribution in [-0.2, 0) is 7.84 Å². The van der Waals surface area contributed by atoms with Crippen LogP contribution >= 0.6 is 0 Å². The zero-order valence-electron chi connectivity index (χ0n) is 7.08. The Kier molecular flexibility index (Phi) is 1.72. The number of hydrogen-bond acceptors (Lipinski definition) is 4. The topological polar surface area (TPSA) is 43.2 Å². The Balaban J connectivity index is 2.06. The summed E-state index contributed by atoms with van der Waals surface area (Å²) < 4.78 is 11.2. The summed E-state index contributed by atoms with van der Waals surface area (Å²) >= 11 is -1.65. The molecule has 0 radical (unpaired) electrons. The van der Waals surface area contributed by atoms with Crippen LogP contribution < -0.4 is 0 Å². The summed E-state index contributed by atoms with van der Waals surface area (Å²) in [7, 11) is 0. The number of hydrogen-bond donors (Lipinski definition) is 0. The van der Waals surface area contributed by atoms with Crippen LogP contribution in [0.2, 0.25) is 0 Å². The molecular weight excluding hydrogens is 247 g/mol. The van der Waals surface area contributed by atoms with Crippen LogP contribution in [0.1, 0.15) is 5.56 Å². The molecule has 3 rings (SSSR count). The fraction of sp³-hybridized carbons (Fsp3) is 0. The third-order valence-electron chi connectivity index (χ3n) is 1.94. The van der Waals surface area contributed by atoms with Crippen molar-refractivity contribution in [1.82, 2.24) is 0 Å². The Morgan fingerprint density at radius 2 is 1.93 bits per heavy atom. The van der Waals surface area contributed by atoms with E-state index in [2.05, 4.69) is 10.3 Å². The van der Waals surface area contributed by atoms with Gasteiger partial charge in [0.05, 0.1) is 0 Å². The molecule has 70 valence electrons. The van der Waals surface area contributed by atoms with Crippen molar-refractivity contribution in [2.75, 3.05) is 0 Å². The van der Waals surface area contributed by atoms with E-state index in [1.807, 2.05) is 30.3 Å². The SMILES string of the molecule is C1=NO[Se]2=C1C(c1ccccc1)=NO2. The molecule has 1 aromatic rings. The average Bonchev–Trinajstić information content (AvgIpc) is 2.79. The van der Waals surface area contributed by atoms with Gasteiger partial charge in [-0.1, -0.05) is 0 Å². The minimum absolute atomic E-state index is 0.858. The number of nitrogens with zero attached hydrogens (tertiary/aromatic N) is 2. The Morgan fingerprint density at radius 3 is 2.79 bits per heavy atom. The third-order valence-corrected chi connectivity index (χ3v) is 4.22. The van der Waals surface area contributed by atoms with Gasteiger partial charge in [-0.15, -0.1) is 0 Å². The molecule has 0 bridgehead atoms. The summed E-state index contributed by atoms with van der Waals surface area (Å²) in [4.78, 5) is 0. The van der Waals surface area contributed by atoms with E-state index in [0.29, 0.717) is 0 Å². The average molecular weight is 253 g/mol. The van der Waals surface area contributed by atoms with Crippen molar-refractivity contribution in [3.63, 3.8) is 0 Å². The van der Waals surface area contributed by atoms with Crippen LogP contribution in [0.25, 0.3) is 0 Å². The van der Waals surface area contributed by atoms with Crippen molar-refractivity contribution >= 4 is 30.5 Å². The molecule has 0 fully saturated rings. The van der Waals surface area contributed by atoms with Crippen LogP contribution in [0.15, 0.2) is 40.6 Å². The van der Waals surface area contributed by atoms with Gasteiger partial charge >= 0.3 is 84.5 Å². The summed E-state index contributed by atoms with van der Waals surface area (Å²) in [6.45, 7) is 0. The van der Waals surface area contributed by atoms with E-state index >= 15 is 0 Å². The Bertz CT molecular complexity index is 465. The molecule has 2 aliphatic heterocycles. The van der Waals surface area contributed by atoms with Gasteiger partial charge in [-0.25, -0.2) is 0 Å². The molecule has 2 aliphatic rings. The van der Waals surface area contributed by atoms with Crippen LogP contribution in [0.4, 0.5) is 0 Å². The van der Waals surface area contributed by atoms with Crippen molar-refractivity contribution in [2.45, 2.75) is 0 Å². The predicted octanol–water partition coefficient (Wildman–Crippen LogP) is 0.679. The normalized spacial score (nSPS) is 22.7. The maximum absolute atomic E-state index is 5.17. The first kappa shape index (κ1) is 7.91. The summed E-state index contributed by atoms with van der Waals surface area (Å²) in [6.07, 6.45) is 1.70. The number of rotatable bonds is 1. The molecule has 0 aromatic heterocycles. The fourth-order valence-electron chi connectivity index (χ4n) is 1.29. The van der Waals surface area contributed by atoms with Crippen molar-refractivity contribution in [3.05, 3.63) is 35.9 Å². The van der Waals surface area contributed by atoms with E-state index in [0.717, 1.165) is 15.7 Å². The molecule has 4 nitrogen and oxygen atoms in total. The van der Waals surface area contributed by atoms with Crippen molar-refractivity contribution in [1.29, 1.82) is 0 Å². The van der Waals surface area contributed by atoms with Gasteiger partial charge in [-0.3, -0.25) is 0 Å². The molecule has 1 unspecified atom stereocenters. The van der Waals surface area contributed by atoms with Crippen molar-refractivity contribution in [3.8, 4) is 0 Å². The van der Waals surface area contributed by atoms with Gasteiger partial charge in [0.25, 0.3) is 0 Å². The van der Waals surface area contributed by atoms with E-state index in [1.165, 1.54) is 0 Å². The predicted molar refractivity (Wildman–Crippen MR) is 54.4 cm³/mol. The molecule has 0 saturated heterocycles. The summed E-state index contributed by atoms with van der Waals surface area (Å²) in [5, 5.41) is 7.74. The third kappa shape index (κ3) is 1.10. The molecule has 0 N–H and O–H groups in total. The first-order chi connectivity index (χ1) is 6.95. The van der Waals surface area contributed by atoms with E-state index in [4.69, 9.17) is 7.84 Å². The zero-order chi connectivity index (χ0) is 9.38. The van der Waals surface area contributed by atoms with Crippen LogP contribution in [-0.4, -0.2) is 30.5 Å². The molecule has 1 aromatic carbocycles. The number of benzene rings is 1. The van der Waals surface area contributed by atoms with Gasteiger partial charge < -0.3 is 0 Å². The molecule has 1 atom stereocenters. The van der Waals surface area contributed by atoms with Gasteiger partial charge in [-0.05, 0) is 0 Å². The molecule has 2 heterocycles. The summed E-state index contributed by atoms with van der Waals surface area (Å²) in [6, 6.07) is 9.90. The molecule has 0 aliphatic carbocycles. The minimum atomic E-state index is -1.65. The second-order valence-corrected chi connectivity index (χ2v) is 5.32. The second-order valence-electron chi connectivity index (χ2n) is 2.79. The first-order valence-corrected chi connectivity index (χ1v) is 6.34. The maximum atomic E-state index is 5.17. The quantitative estimate of drug-likeness (QED) is 0.691. The molecule has 0 spiro atoms. The molecular formula is C9H6N2O2Se. The number of oxime groups is 2. The van der Waals surface area contributed by atoms with E-state index in [-0.39, 0.29) is 0 Å². The van der Waals surface area contributed by atoms with Crippen LogP contribution in [0.5, 0.6) is 0 Å². The van der Waals surface area contributed by atoms with Gasteiger partial charge in [0.15, 0.2) is 0 Å². The van der Waals surface area contributed by atoms with E-state index in [9.17, 15) is 0 Å². The van der Waals surface area contributed by atoms with Crippen molar-refractivity contribution < 1.29 is 7.84 Å². The van der Waals surface area contributed by atoms with Gasteiger partial charge in [0.1, 0.15) is 0 Å². The summed E-state index contributed by atoms with van der Waals surface area (Å²) in [5.41, 5.74) is 1.91. The molecule has 0 amide bonds. The zero-order valence-corrected chi connectivity index (χ0v) is 8.80. The summed E-state index contributed by atoms with van der Waals surface area (Å²) in [5.74, 6) is 0. The van der Waals surface area contributed by atoms with E-state index < -0.39 is 14.1 Å². The second kappa shape index (κ2) is 3.04. The van der Waals surface area contributed by atoms with Crippen molar-refractivity contribution in [2.24, 2.45) is 10.3 Å². The molecule has 14 heavy (non-hydrogen) atoms. The Morgan fingerprint density at radius 1 is 1.07 bits per heavy atom. The van der Waals surface area contributed by atoms with E-state index in [1.54, 1.807) is 6.21 Å². The van der Waals surface area contributed by atoms with Crippen LogP contribution in [0.3, 0.4) is 0 Å². The fourth-order valence-corrected chi connectivity index (χ4v) is 3.17. The van der Waals surface area contributed by atoms with Crippen LogP contribution in [0, 0.1) is 0 Å². The Hall–Kier alpha value is -1.45. The Labute approximate surface area is 84.9 Å². The first-order valence-electron chi connectivity index (χ1n) is 4.08. The monoisotopic (exact) mass is 254 g/mol.